The predicted octanol–water partition coefficient (Wildman–Crippen LogP) is 5.50. The van der Waals surface area contributed by atoms with Gasteiger partial charge in [0.25, 0.3) is 5.91 Å². The number of carbonyl (C=O) groups excluding carboxylic acids is 1. The third-order valence-electron chi connectivity index (χ3n) is 7.75. The molecule has 0 spiro atoms. The summed E-state index contributed by atoms with van der Waals surface area (Å²) in [6.45, 7) is 3.92. The number of thiocarbonyl (C=S) groups is 1. The number of anilines is 1. The summed E-state index contributed by atoms with van der Waals surface area (Å²) in [6.07, 6.45) is 4.79. The highest BCUT2D eigenvalue weighted by Gasteiger charge is 2.32. The summed E-state index contributed by atoms with van der Waals surface area (Å²) >= 11 is 6.84. The fourth-order valence-corrected chi connectivity index (χ4v) is 6.64. The number of likely N-dealkylation sites (tertiary alicyclic amines) is 1. The Morgan fingerprint density at radius 2 is 1.82 bits per heavy atom. The molecule has 0 unspecified atom stereocenters. The van der Waals surface area contributed by atoms with Crippen LogP contribution in [-0.2, 0) is 11.2 Å². The molecule has 4 aromatic rings. The van der Waals surface area contributed by atoms with E-state index in [-0.39, 0.29) is 11.5 Å². The van der Waals surface area contributed by atoms with Gasteiger partial charge in [-0.3, -0.25) is 14.6 Å². The number of nitrogens with zero attached hydrogens (tertiary/aromatic N) is 4. The Bertz CT molecular complexity index is 1770. The molecule has 1 aromatic heterocycles. The van der Waals surface area contributed by atoms with Gasteiger partial charge in [-0.05, 0) is 86.5 Å². The van der Waals surface area contributed by atoms with Gasteiger partial charge < -0.3 is 15.6 Å². The number of para-hydroxylation sites is 1. The number of carboxylic acids is 1. The van der Waals surface area contributed by atoms with Gasteiger partial charge in [0.15, 0.2) is 5.82 Å². The van der Waals surface area contributed by atoms with Crippen molar-refractivity contribution in [3.05, 3.63) is 88.3 Å². The molecule has 44 heavy (non-hydrogen) atoms. The van der Waals surface area contributed by atoms with Crippen molar-refractivity contribution in [3.63, 3.8) is 0 Å². The van der Waals surface area contributed by atoms with Crippen LogP contribution in [0.15, 0.2) is 71.6 Å². The summed E-state index contributed by atoms with van der Waals surface area (Å²) in [5.74, 6) is 0.391. The molecule has 224 valence electrons. The monoisotopic (exact) mass is 625 g/mol. The van der Waals surface area contributed by atoms with Crippen LogP contribution in [-0.4, -0.2) is 73.9 Å². The number of ether oxygens (including phenoxy) is 1. The van der Waals surface area contributed by atoms with Crippen LogP contribution in [0, 0.1) is 0 Å². The summed E-state index contributed by atoms with van der Waals surface area (Å²) in [6, 6.07) is 20.0. The standard InChI is InChI=1S/C33H31N5O4S2/c34-29-25-5-1-2-6-26(25)35-30(36-29)23-11-12-27(42-18-17-37-14-3-4-15-37)24(19-23)20-28-31(39)38(33(43)44-28)16-13-21-7-9-22(10-8-21)32(40)41/h1-2,5-12,19-20H,3-4,13-18H2,(H,40,41)(H2,34,35,36). The van der Waals surface area contributed by atoms with E-state index in [1.54, 1.807) is 29.2 Å². The Morgan fingerprint density at radius 3 is 2.59 bits per heavy atom. The van der Waals surface area contributed by atoms with Gasteiger partial charge in [-0.25, -0.2) is 14.8 Å². The number of hydrogen-bond acceptors (Lipinski definition) is 9. The van der Waals surface area contributed by atoms with Crippen molar-refractivity contribution >= 4 is 63.0 Å². The second kappa shape index (κ2) is 13.1. The van der Waals surface area contributed by atoms with Crippen LogP contribution in [0.5, 0.6) is 5.75 Å². The van der Waals surface area contributed by atoms with Gasteiger partial charge in [0.2, 0.25) is 0 Å². The molecule has 0 saturated carbocycles. The lowest BCUT2D eigenvalue weighted by Gasteiger charge is -2.16. The molecule has 9 nitrogen and oxygen atoms in total. The van der Waals surface area contributed by atoms with Gasteiger partial charge in [-0.1, -0.05) is 48.2 Å². The third kappa shape index (κ3) is 6.59. The number of hydrogen-bond donors (Lipinski definition) is 2. The Balaban J connectivity index is 1.26. The summed E-state index contributed by atoms with van der Waals surface area (Å²) in [5, 5.41) is 9.94. The van der Waals surface area contributed by atoms with Crippen LogP contribution in [0.3, 0.4) is 0 Å². The van der Waals surface area contributed by atoms with Gasteiger partial charge in [0.1, 0.15) is 22.5 Å². The minimum absolute atomic E-state index is 0.179. The Morgan fingerprint density at radius 1 is 1.05 bits per heavy atom. The number of nitrogens with two attached hydrogens (primary N) is 1. The summed E-state index contributed by atoms with van der Waals surface area (Å²) in [4.78, 5) is 38.4. The van der Waals surface area contributed by atoms with Crippen molar-refractivity contribution in [2.45, 2.75) is 19.3 Å². The number of nitrogen functional groups attached to an aromatic ring is 1. The highest BCUT2D eigenvalue weighted by molar-refractivity contribution is 8.26. The molecule has 2 fully saturated rings. The topological polar surface area (TPSA) is 122 Å². The molecule has 1 amide bonds. The van der Waals surface area contributed by atoms with Gasteiger partial charge >= 0.3 is 5.97 Å². The number of aromatic nitrogens is 2. The first-order chi connectivity index (χ1) is 21.4. The summed E-state index contributed by atoms with van der Waals surface area (Å²) in [5.41, 5.74) is 9.64. The lowest BCUT2D eigenvalue weighted by Crippen LogP contribution is -2.30. The second-order valence-corrected chi connectivity index (χ2v) is 12.4. The number of amides is 1. The van der Waals surface area contributed by atoms with Gasteiger partial charge in [-0.2, -0.15) is 0 Å². The minimum atomic E-state index is -0.974. The van der Waals surface area contributed by atoms with Crippen LogP contribution < -0.4 is 10.5 Å². The average Bonchev–Trinajstić information content (AvgIpc) is 3.64. The van der Waals surface area contributed by atoms with E-state index in [0.717, 1.165) is 47.2 Å². The largest absolute Gasteiger partial charge is 0.492 e. The molecule has 3 heterocycles. The minimum Gasteiger partial charge on any atom is -0.492 e. The molecule has 0 bridgehead atoms. The molecule has 0 atom stereocenters. The van der Waals surface area contributed by atoms with E-state index < -0.39 is 5.97 Å². The van der Waals surface area contributed by atoms with Crippen molar-refractivity contribution in [1.29, 1.82) is 0 Å². The van der Waals surface area contributed by atoms with E-state index in [2.05, 4.69) is 9.88 Å². The fourth-order valence-electron chi connectivity index (χ4n) is 5.34. The number of rotatable bonds is 10. The number of benzene rings is 3. The maximum atomic E-state index is 13.5. The molecular weight excluding hydrogens is 595 g/mol. The molecular formula is C33H31N5O4S2. The zero-order valence-corrected chi connectivity index (χ0v) is 25.6. The zero-order chi connectivity index (χ0) is 30.6. The Hall–Kier alpha value is -4.32. The molecule has 2 aliphatic rings. The summed E-state index contributed by atoms with van der Waals surface area (Å²) < 4.78 is 6.73. The molecule has 0 aliphatic carbocycles. The van der Waals surface area contributed by atoms with E-state index in [1.165, 1.54) is 24.6 Å². The van der Waals surface area contributed by atoms with Crippen LogP contribution in [0.25, 0.3) is 28.4 Å². The molecule has 3 N–H and O–H groups in total. The Labute approximate surface area is 264 Å². The maximum absolute atomic E-state index is 13.5. The Kier molecular flexibility index (Phi) is 8.87. The van der Waals surface area contributed by atoms with E-state index in [4.69, 9.17) is 32.8 Å². The lowest BCUT2D eigenvalue weighted by molar-refractivity contribution is -0.122. The molecule has 0 radical (unpaired) electrons. The molecule has 2 saturated heterocycles. The smallest absolute Gasteiger partial charge is 0.335 e. The average molecular weight is 626 g/mol. The van der Waals surface area contributed by atoms with Crippen molar-refractivity contribution in [2.24, 2.45) is 0 Å². The number of aromatic carboxylic acids is 1. The van der Waals surface area contributed by atoms with Crippen molar-refractivity contribution < 1.29 is 19.4 Å². The molecule has 11 heteroatoms. The first-order valence-corrected chi connectivity index (χ1v) is 15.7. The van der Waals surface area contributed by atoms with Crippen LogP contribution >= 0.6 is 24.0 Å². The van der Waals surface area contributed by atoms with Crippen molar-refractivity contribution in [3.8, 4) is 17.1 Å². The fraction of sp³-hybridized carbons (Fsp3) is 0.242. The molecule has 3 aromatic carbocycles. The first kappa shape index (κ1) is 29.7. The zero-order valence-electron chi connectivity index (χ0n) is 23.9. The van der Waals surface area contributed by atoms with Crippen molar-refractivity contribution in [2.75, 3.05) is 38.5 Å². The van der Waals surface area contributed by atoms with Crippen molar-refractivity contribution in [1.82, 2.24) is 19.8 Å². The molecule has 6 rings (SSSR count). The number of fused-ring (bicyclic) bond motifs is 1. The number of thioether (sulfide) groups is 1. The maximum Gasteiger partial charge on any atom is 0.335 e. The quantitative estimate of drug-likeness (QED) is 0.173. The van der Waals surface area contributed by atoms with E-state index >= 15 is 0 Å². The molecule has 2 aliphatic heterocycles. The van der Waals surface area contributed by atoms with Gasteiger partial charge in [0, 0.05) is 29.6 Å². The van der Waals surface area contributed by atoms with Crippen LogP contribution in [0.4, 0.5) is 5.82 Å². The highest BCUT2D eigenvalue weighted by atomic mass is 32.2. The SMILES string of the molecule is Nc1nc(-c2ccc(OCCN3CCCC3)c(C=C3SC(=S)N(CCc4ccc(C(=O)O)cc4)C3=O)c2)nc2ccccc12. The second-order valence-electron chi connectivity index (χ2n) is 10.7. The lowest BCUT2D eigenvalue weighted by atomic mass is 10.1. The first-order valence-electron chi connectivity index (χ1n) is 14.4. The van der Waals surface area contributed by atoms with E-state index in [1.807, 2.05) is 48.5 Å². The number of carbonyl (C=O) groups is 2. The van der Waals surface area contributed by atoms with Crippen LogP contribution in [0.1, 0.15) is 34.3 Å². The predicted molar refractivity (Wildman–Crippen MR) is 178 cm³/mol. The number of carboxylic acid groups (broad SMARTS) is 1. The van der Waals surface area contributed by atoms with E-state index in [9.17, 15) is 9.59 Å². The van der Waals surface area contributed by atoms with Gasteiger partial charge in [0.05, 0.1) is 16.0 Å². The normalized spacial score (nSPS) is 16.4. The van der Waals surface area contributed by atoms with Crippen LogP contribution in [0.2, 0.25) is 0 Å². The third-order valence-corrected chi connectivity index (χ3v) is 9.13. The summed E-state index contributed by atoms with van der Waals surface area (Å²) in [7, 11) is 0. The highest BCUT2D eigenvalue weighted by Crippen LogP contribution is 2.36. The van der Waals surface area contributed by atoms with Gasteiger partial charge in [-0.15, -0.1) is 0 Å². The van der Waals surface area contributed by atoms with E-state index in [0.29, 0.717) is 46.2 Å².